The zero-order chi connectivity index (χ0) is 20.4. The van der Waals surface area contributed by atoms with Gasteiger partial charge in [-0.15, -0.1) is 0 Å². The van der Waals surface area contributed by atoms with Crippen molar-refractivity contribution in [3.63, 3.8) is 0 Å². The molecular formula is C20H21BrN2O5. The van der Waals surface area contributed by atoms with Gasteiger partial charge in [0.05, 0.1) is 0 Å². The Hall–Kier alpha value is -2.84. The molecule has 0 saturated heterocycles. The molecule has 0 aliphatic rings. The maximum Gasteiger partial charge on any atom is 0.412 e. The zero-order valence-corrected chi connectivity index (χ0v) is 16.6. The first-order chi connectivity index (χ1) is 13.5. The van der Waals surface area contributed by atoms with Crippen molar-refractivity contribution in [3.05, 3.63) is 70.7 Å². The number of carbonyl (C=O) groups is 2. The number of hydrogen-bond acceptors (Lipinski definition) is 5. The lowest BCUT2D eigenvalue weighted by molar-refractivity contribution is -0.124. The van der Waals surface area contributed by atoms with E-state index in [9.17, 15) is 14.7 Å². The summed E-state index contributed by atoms with van der Waals surface area (Å²) in [7, 11) is 0. The Morgan fingerprint density at radius 1 is 1.11 bits per heavy atom. The fraction of sp³-hybridized carbons (Fsp3) is 0.200. The number of amides is 2. The summed E-state index contributed by atoms with van der Waals surface area (Å²) in [6.45, 7) is 0. The van der Waals surface area contributed by atoms with Gasteiger partial charge in [0, 0.05) is 16.2 Å². The van der Waals surface area contributed by atoms with Crippen molar-refractivity contribution in [1.82, 2.24) is 5.48 Å². The summed E-state index contributed by atoms with van der Waals surface area (Å²) in [6, 6.07) is 13.6. The number of aromatic hydroxyl groups is 1. The number of anilines is 1. The van der Waals surface area contributed by atoms with Crippen LogP contribution in [0.2, 0.25) is 0 Å². The van der Waals surface area contributed by atoms with Crippen molar-refractivity contribution >= 4 is 33.6 Å². The number of halogens is 1. The number of hydroxylamine groups is 1. The van der Waals surface area contributed by atoms with Crippen LogP contribution >= 0.6 is 15.9 Å². The number of nitrogens with one attached hydrogen (secondary N) is 2. The van der Waals surface area contributed by atoms with Gasteiger partial charge in [-0.2, -0.15) is 0 Å². The summed E-state index contributed by atoms with van der Waals surface area (Å²) in [5.74, 6) is -0.472. The third-order valence-electron chi connectivity index (χ3n) is 3.82. The SMILES string of the molecule is O=C(/C=C/CCC[C@H](OC(=O)Nc1ccc(Br)cc1)c1ccc(O)cc1)NO. The molecule has 0 unspecified atom stereocenters. The number of benzene rings is 2. The van der Waals surface area contributed by atoms with Crippen LogP contribution in [-0.2, 0) is 9.53 Å². The maximum atomic E-state index is 12.3. The summed E-state index contributed by atoms with van der Waals surface area (Å²) in [5, 5.41) is 20.6. The molecule has 2 rings (SSSR count). The van der Waals surface area contributed by atoms with E-state index < -0.39 is 18.1 Å². The lowest BCUT2D eigenvalue weighted by Gasteiger charge is -2.18. The summed E-state index contributed by atoms with van der Waals surface area (Å²) in [5.41, 5.74) is 2.88. The van der Waals surface area contributed by atoms with Gasteiger partial charge in [0.15, 0.2) is 0 Å². The standard InChI is InChI=1S/C20H21BrN2O5/c21-15-8-10-16(11-9-15)22-20(26)28-18(14-6-12-17(24)13-7-14)4-2-1-3-5-19(25)23-27/h3,5-13,18,24,27H,1-2,4H2,(H,22,26)(H,23,25)/b5-3+/t18-/m0/s1. The van der Waals surface area contributed by atoms with Crippen molar-refractivity contribution in [2.75, 3.05) is 5.32 Å². The van der Waals surface area contributed by atoms with Crippen LogP contribution in [0.1, 0.15) is 30.9 Å². The Morgan fingerprint density at radius 2 is 1.79 bits per heavy atom. The van der Waals surface area contributed by atoms with Crippen LogP contribution in [0.4, 0.5) is 10.5 Å². The number of carbonyl (C=O) groups excluding carboxylic acids is 2. The highest BCUT2D eigenvalue weighted by Gasteiger charge is 2.17. The summed E-state index contributed by atoms with van der Waals surface area (Å²) in [6.07, 6.45) is 3.49. The molecule has 0 fully saturated rings. The molecule has 7 nitrogen and oxygen atoms in total. The molecule has 1 atom stereocenters. The third kappa shape index (κ3) is 7.42. The van der Waals surface area contributed by atoms with Gasteiger partial charge < -0.3 is 9.84 Å². The van der Waals surface area contributed by atoms with E-state index in [1.165, 1.54) is 23.7 Å². The van der Waals surface area contributed by atoms with Gasteiger partial charge in [-0.1, -0.05) is 34.1 Å². The van der Waals surface area contributed by atoms with E-state index in [2.05, 4.69) is 21.2 Å². The Bertz CT molecular complexity index is 806. The van der Waals surface area contributed by atoms with Gasteiger partial charge in [0.2, 0.25) is 0 Å². The predicted octanol–water partition coefficient (Wildman–Crippen LogP) is 4.68. The number of hydrogen-bond donors (Lipinski definition) is 4. The highest BCUT2D eigenvalue weighted by Crippen LogP contribution is 2.26. The number of unbranched alkanes of at least 4 members (excludes halogenated alkanes) is 1. The van der Waals surface area contributed by atoms with Crippen molar-refractivity contribution in [2.45, 2.75) is 25.4 Å². The first-order valence-electron chi connectivity index (χ1n) is 8.60. The third-order valence-corrected chi connectivity index (χ3v) is 4.35. The van der Waals surface area contributed by atoms with E-state index in [0.29, 0.717) is 24.9 Å². The Balaban J connectivity index is 1.98. The molecule has 2 aromatic carbocycles. The van der Waals surface area contributed by atoms with Crippen molar-refractivity contribution in [3.8, 4) is 5.75 Å². The van der Waals surface area contributed by atoms with E-state index in [-0.39, 0.29) is 5.75 Å². The number of allylic oxidation sites excluding steroid dienone is 1. The number of ether oxygens (including phenoxy) is 1. The van der Waals surface area contributed by atoms with Crippen molar-refractivity contribution in [1.29, 1.82) is 0 Å². The molecule has 0 heterocycles. The second-order valence-corrected chi connectivity index (χ2v) is 6.84. The molecule has 0 aliphatic carbocycles. The smallest absolute Gasteiger partial charge is 0.412 e. The van der Waals surface area contributed by atoms with Gasteiger partial charge in [0.25, 0.3) is 5.91 Å². The highest BCUT2D eigenvalue weighted by atomic mass is 79.9. The van der Waals surface area contributed by atoms with Crippen LogP contribution in [0.3, 0.4) is 0 Å². The Kier molecular flexibility index (Phi) is 8.51. The molecule has 4 N–H and O–H groups in total. The zero-order valence-electron chi connectivity index (χ0n) is 15.0. The quantitative estimate of drug-likeness (QED) is 0.203. The predicted molar refractivity (Wildman–Crippen MR) is 108 cm³/mol. The number of phenolic OH excluding ortho intramolecular Hbond substituents is 1. The lowest BCUT2D eigenvalue weighted by atomic mass is 10.0. The average Bonchev–Trinajstić information content (AvgIpc) is 2.69. The van der Waals surface area contributed by atoms with Crippen LogP contribution in [0, 0.1) is 0 Å². The topological polar surface area (TPSA) is 108 Å². The number of rotatable bonds is 8. The Morgan fingerprint density at radius 3 is 2.43 bits per heavy atom. The molecule has 8 heteroatoms. The van der Waals surface area contributed by atoms with E-state index in [1.807, 2.05) is 12.1 Å². The molecule has 148 valence electrons. The first kappa shape index (κ1) is 21.5. The van der Waals surface area contributed by atoms with Gasteiger partial charge >= 0.3 is 6.09 Å². The Labute approximate surface area is 171 Å². The van der Waals surface area contributed by atoms with Crippen LogP contribution < -0.4 is 10.8 Å². The highest BCUT2D eigenvalue weighted by molar-refractivity contribution is 9.10. The molecule has 28 heavy (non-hydrogen) atoms. The molecule has 0 saturated carbocycles. The molecule has 0 bridgehead atoms. The molecule has 0 aliphatic heterocycles. The van der Waals surface area contributed by atoms with E-state index in [0.717, 1.165) is 10.0 Å². The van der Waals surface area contributed by atoms with Gasteiger partial charge in [-0.3, -0.25) is 15.3 Å². The summed E-state index contributed by atoms with van der Waals surface area (Å²) in [4.78, 5) is 23.2. The lowest BCUT2D eigenvalue weighted by Crippen LogP contribution is -2.17. The van der Waals surface area contributed by atoms with Crippen molar-refractivity contribution in [2.24, 2.45) is 0 Å². The summed E-state index contributed by atoms with van der Waals surface area (Å²) < 4.78 is 6.47. The fourth-order valence-electron chi connectivity index (χ4n) is 2.44. The minimum atomic E-state index is -0.597. The van der Waals surface area contributed by atoms with E-state index in [4.69, 9.17) is 9.94 Å². The molecule has 0 aromatic heterocycles. The van der Waals surface area contributed by atoms with Crippen LogP contribution in [0.25, 0.3) is 0 Å². The van der Waals surface area contributed by atoms with E-state index in [1.54, 1.807) is 30.3 Å². The second kappa shape index (κ2) is 11.1. The largest absolute Gasteiger partial charge is 0.508 e. The molecule has 0 spiro atoms. The molecule has 2 aromatic rings. The first-order valence-corrected chi connectivity index (χ1v) is 9.40. The molecule has 2 amide bonds. The van der Waals surface area contributed by atoms with Crippen LogP contribution in [0.15, 0.2) is 65.2 Å². The van der Waals surface area contributed by atoms with Gasteiger partial charge in [-0.05, 0) is 61.2 Å². The van der Waals surface area contributed by atoms with Crippen LogP contribution in [-0.4, -0.2) is 22.3 Å². The average molecular weight is 449 g/mol. The van der Waals surface area contributed by atoms with Crippen molar-refractivity contribution < 1.29 is 24.6 Å². The molecular weight excluding hydrogens is 428 g/mol. The second-order valence-electron chi connectivity index (χ2n) is 5.93. The summed E-state index contributed by atoms with van der Waals surface area (Å²) >= 11 is 3.33. The van der Waals surface area contributed by atoms with Gasteiger partial charge in [0.1, 0.15) is 11.9 Å². The minimum absolute atomic E-state index is 0.125. The number of phenols is 1. The van der Waals surface area contributed by atoms with E-state index >= 15 is 0 Å². The maximum absolute atomic E-state index is 12.3. The minimum Gasteiger partial charge on any atom is -0.508 e. The monoisotopic (exact) mass is 448 g/mol. The molecule has 0 radical (unpaired) electrons. The van der Waals surface area contributed by atoms with Gasteiger partial charge in [-0.25, -0.2) is 10.3 Å². The fourth-order valence-corrected chi connectivity index (χ4v) is 2.71. The van der Waals surface area contributed by atoms with Crippen LogP contribution in [0.5, 0.6) is 5.75 Å². The normalized spacial score (nSPS) is 11.8.